The highest BCUT2D eigenvalue weighted by atomic mass is 32.2. The number of carbonyl (C=O) groups is 1. The molecule has 0 spiro atoms. The molecule has 0 aromatic carbocycles. The fraction of sp³-hybridized carbons (Fsp3) is 0.500. The van der Waals surface area contributed by atoms with Gasteiger partial charge in [-0.25, -0.2) is 0 Å². The molecule has 1 amide bonds. The number of nitrogens with one attached hydrogen (secondary N) is 1. The lowest BCUT2D eigenvalue weighted by molar-refractivity contribution is 0.0957. The molecule has 0 aliphatic rings. The lowest BCUT2D eigenvalue weighted by atomic mass is 10.2. The number of carbonyl (C=O) groups excluding carboxylic acids is 1. The number of aliphatic hydroxyl groups is 1. The van der Waals surface area contributed by atoms with Gasteiger partial charge in [-0.05, 0) is 24.1 Å². The number of hydrogen-bond acceptors (Lipinski definition) is 4. The Morgan fingerprint density at radius 1 is 1.63 bits per heavy atom. The molecule has 1 aromatic rings. The van der Waals surface area contributed by atoms with Gasteiger partial charge in [-0.2, -0.15) is 11.8 Å². The van der Waals surface area contributed by atoms with Gasteiger partial charge < -0.3 is 10.4 Å². The third-order valence-electron chi connectivity index (χ3n) is 2.57. The Bertz CT molecular complexity index is 460. The van der Waals surface area contributed by atoms with Crippen molar-refractivity contribution in [3.63, 3.8) is 0 Å². The number of amides is 1. The van der Waals surface area contributed by atoms with Crippen LogP contribution in [0.15, 0.2) is 11.4 Å². The van der Waals surface area contributed by atoms with Crippen LogP contribution in [0.1, 0.15) is 35.0 Å². The molecular formula is C14H19NO2S2. The van der Waals surface area contributed by atoms with Gasteiger partial charge in [0.15, 0.2) is 0 Å². The van der Waals surface area contributed by atoms with Gasteiger partial charge in [0.05, 0.1) is 6.61 Å². The fourth-order valence-corrected chi connectivity index (χ4v) is 2.50. The third-order valence-corrected chi connectivity index (χ3v) is 4.52. The Kier molecular flexibility index (Phi) is 7.65. The predicted octanol–water partition coefficient (Wildman–Crippen LogP) is 2.35. The molecule has 3 nitrogen and oxygen atoms in total. The van der Waals surface area contributed by atoms with Crippen LogP contribution < -0.4 is 5.32 Å². The van der Waals surface area contributed by atoms with Crippen LogP contribution in [0.2, 0.25) is 0 Å². The largest absolute Gasteiger partial charge is 0.395 e. The molecule has 0 aliphatic heterocycles. The van der Waals surface area contributed by atoms with Gasteiger partial charge in [-0.15, -0.1) is 11.3 Å². The van der Waals surface area contributed by atoms with Gasteiger partial charge in [0.1, 0.15) is 4.88 Å². The van der Waals surface area contributed by atoms with Crippen molar-refractivity contribution < 1.29 is 9.90 Å². The van der Waals surface area contributed by atoms with Gasteiger partial charge in [-0.1, -0.05) is 18.8 Å². The molecule has 1 rings (SSSR count). The van der Waals surface area contributed by atoms with Crippen LogP contribution in [-0.2, 0) is 0 Å². The molecule has 0 saturated heterocycles. The number of thiophene rings is 1. The van der Waals surface area contributed by atoms with Crippen molar-refractivity contribution in [2.24, 2.45) is 0 Å². The van der Waals surface area contributed by atoms with E-state index in [4.69, 9.17) is 5.11 Å². The first-order valence-electron chi connectivity index (χ1n) is 6.17. The Morgan fingerprint density at radius 2 is 2.42 bits per heavy atom. The fourth-order valence-electron chi connectivity index (χ4n) is 1.38. The van der Waals surface area contributed by atoms with E-state index in [1.807, 2.05) is 11.4 Å². The molecule has 1 aromatic heterocycles. The van der Waals surface area contributed by atoms with Crippen LogP contribution in [0.5, 0.6) is 0 Å². The molecule has 0 bridgehead atoms. The van der Waals surface area contributed by atoms with Gasteiger partial charge in [-0.3, -0.25) is 4.79 Å². The van der Waals surface area contributed by atoms with Crippen molar-refractivity contribution >= 4 is 29.0 Å². The summed E-state index contributed by atoms with van der Waals surface area (Å²) in [5, 5.41) is 14.0. The van der Waals surface area contributed by atoms with Crippen molar-refractivity contribution in [1.82, 2.24) is 5.32 Å². The lowest BCUT2D eigenvalue weighted by Gasteiger charge is -2.08. The molecule has 104 valence electrons. The Hall–Kier alpha value is -0.960. The SMILES string of the molecule is CSC(C)CCNC(=O)c1sccc1C#CCCO. The van der Waals surface area contributed by atoms with E-state index in [1.165, 1.54) is 11.3 Å². The van der Waals surface area contributed by atoms with E-state index in [1.54, 1.807) is 11.8 Å². The molecule has 0 saturated carbocycles. The highest BCUT2D eigenvalue weighted by Gasteiger charge is 2.11. The molecule has 1 atom stereocenters. The van der Waals surface area contributed by atoms with Crippen molar-refractivity contribution in [3.8, 4) is 11.8 Å². The van der Waals surface area contributed by atoms with Crippen LogP contribution in [0.3, 0.4) is 0 Å². The zero-order chi connectivity index (χ0) is 14.1. The third kappa shape index (κ3) is 5.68. The molecule has 19 heavy (non-hydrogen) atoms. The highest BCUT2D eigenvalue weighted by molar-refractivity contribution is 7.99. The molecule has 0 aliphatic carbocycles. The van der Waals surface area contributed by atoms with E-state index in [9.17, 15) is 4.79 Å². The summed E-state index contributed by atoms with van der Waals surface area (Å²) < 4.78 is 0. The summed E-state index contributed by atoms with van der Waals surface area (Å²) in [6, 6.07) is 1.84. The highest BCUT2D eigenvalue weighted by Crippen LogP contribution is 2.16. The quantitative estimate of drug-likeness (QED) is 0.793. The van der Waals surface area contributed by atoms with E-state index in [0.717, 1.165) is 12.0 Å². The van der Waals surface area contributed by atoms with Crippen LogP contribution in [0, 0.1) is 11.8 Å². The number of rotatable bonds is 6. The van der Waals surface area contributed by atoms with Crippen molar-refractivity contribution in [1.29, 1.82) is 0 Å². The van der Waals surface area contributed by atoms with E-state index >= 15 is 0 Å². The summed E-state index contributed by atoms with van der Waals surface area (Å²) in [7, 11) is 0. The molecule has 0 fully saturated rings. The van der Waals surface area contributed by atoms with Crippen LogP contribution in [0.25, 0.3) is 0 Å². The second kappa shape index (κ2) is 9.03. The van der Waals surface area contributed by atoms with E-state index in [0.29, 0.717) is 23.1 Å². The van der Waals surface area contributed by atoms with E-state index in [2.05, 4.69) is 30.3 Å². The van der Waals surface area contributed by atoms with Gasteiger partial charge in [0.2, 0.25) is 0 Å². The van der Waals surface area contributed by atoms with Crippen LogP contribution >= 0.6 is 23.1 Å². The number of hydrogen-bond donors (Lipinski definition) is 2. The normalized spacial score (nSPS) is 11.5. The molecule has 5 heteroatoms. The second-order valence-electron chi connectivity index (χ2n) is 4.03. The average molecular weight is 297 g/mol. The minimum absolute atomic E-state index is 0.0469. The maximum atomic E-state index is 12.0. The molecule has 2 N–H and O–H groups in total. The predicted molar refractivity (Wildman–Crippen MR) is 82.8 cm³/mol. The minimum atomic E-state index is -0.0587. The van der Waals surface area contributed by atoms with Crippen molar-refractivity contribution in [2.45, 2.75) is 25.0 Å². The average Bonchev–Trinajstić information content (AvgIpc) is 2.87. The van der Waals surface area contributed by atoms with Gasteiger partial charge in [0, 0.05) is 23.8 Å². The topological polar surface area (TPSA) is 49.3 Å². The summed E-state index contributed by atoms with van der Waals surface area (Å²) in [6.45, 7) is 2.88. The van der Waals surface area contributed by atoms with Gasteiger partial charge >= 0.3 is 0 Å². The smallest absolute Gasteiger partial charge is 0.262 e. The number of thioether (sulfide) groups is 1. The first kappa shape index (κ1) is 16.1. The molecule has 0 radical (unpaired) electrons. The Labute approximate surface area is 122 Å². The first-order valence-corrected chi connectivity index (χ1v) is 8.34. The van der Waals surface area contributed by atoms with E-state index in [-0.39, 0.29) is 12.5 Å². The summed E-state index contributed by atoms with van der Waals surface area (Å²) in [5.74, 6) is 5.70. The summed E-state index contributed by atoms with van der Waals surface area (Å²) in [4.78, 5) is 12.7. The minimum Gasteiger partial charge on any atom is -0.395 e. The standard InChI is InChI=1S/C14H19NO2S2/c1-11(18-2)6-8-15-14(17)13-12(7-10-19-13)5-3-4-9-16/h7,10-11,16H,4,6,8-9H2,1-2H3,(H,15,17). The maximum absolute atomic E-state index is 12.0. The van der Waals surface area contributed by atoms with Gasteiger partial charge in [0.25, 0.3) is 5.91 Å². The lowest BCUT2D eigenvalue weighted by Crippen LogP contribution is -2.25. The Morgan fingerprint density at radius 3 is 3.11 bits per heavy atom. The Balaban J connectivity index is 2.53. The number of aliphatic hydroxyl groups excluding tert-OH is 1. The van der Waals surface area contributed by atoms with Crippen molar-refractivity contribution in [2.75, 3.05) is 19.4 Å². The van der Waals surface area contributed by atoms with E-state index < -0.39 is 0 Å². The summed E-state index contributed by atoms with van der Waals surface area (Å²) in [6.07, 6.45) is 3.46. The molecule has 1 heterocycles. The zero-order valence-corrected chi connectivity index (χ0v) is 12.9. The monoisotopic (exact) mass is 297 g/mol. The van der Waals surface area contributed by atoms with Crippen LogP contribution in [0.4, 0.5) is 0 Å². The van der Waals surface area contributed by atoms with Crippen molar-refractivity contribution in [3.05, 3.63) is 21.9 Å². The van der Waals surface area contributed by atoms with Crippen LogP contribution in [-0.4, -0.2) is 35.7 Å². The second-order valence-corrected chi connectivity index (χ2v) is 6.22. The summed E-state index contributed by atoms with van der Waals surface area (Å²) in [5.41, 5.74) is 0.744. The maximum Gasteiger partial charge on any atom is 0.262 e. The summed E-state index contributed by atoms with van der Waals surface area (Å²) >= 11 is 3.19. The molecule has 1 unspecified atom stereocenters. The molecular weight excluding hydrogens is 278 g/mol. The first-order chi connectivity index (χ1) is 9.19. The zero-order valence-electron chi connectivity index (χ0n) is 11.2.